The molecular formula is C58H62F3N11O6S2. The van der Waals surface area contributed by atoms with E-state index in [1.807, 2.05) is 74.3 Å². The van der Waals surface area contributed by atoms with Crippen LogP contribution in [0.4, 0.5) is 24.5 Å². The molecule has 0 unspecified atom stereocenters. The highest BCUT2D eigenvalue weighted by atomic mass is 32.1. The number of carbonyl (C=O) groups is 4. The molecule has 3 aromatic heterocycles. The Morgan fingerprint density at radius 1 is 0.975 bits per heavy atom. The Labute approximate surface area is 471 Å². The van der Waals surface area contributed by atoms with E-state index in [1.165, 1.54) is 22.3 Å². The van der Waals surface area contributed by atoms with Gasteiger partial charge in [-0.15, -0.1) is 11.3 Å². The SMILES string of the molecule is Cc1cc([C@H](C(=O)N2C[C@H](O)C[C@H]2C(=O)N[C@@H](CC(=O)NN2CCC(N3CCC(C#Cc4ccc(N5C(=S)N(c6cnc(C#N)c(C(F)(F)F)c6)C(=O)C56CCC6)cc4)CC3)CC2)c2ccc(-c3scnc3C)cc2)C(C)C)on1. The Kier molecular flexibility index (Phi) is 16.3. The fourth-order valence-corrected chi connectivity index (χ4v) is 13.1. The van der Waals surface area contributed by atoms with Crippen LogP contribution in [0.1, 0.15) is 123 Å². The van der Waals surface area contributed by atoms with Gasteiger partial charge in [0.15, 0.2) is 10.8 Å². The number of hydrogen-bond donors (Lipinski definition) is 3. The summed E-state index contributed by atoms with van der Waals surface area (Å²) in [5, 5.41) is 29.2. The first-order valence-electron chi connectivity index (χ1n) is 27.1. The van der Waals surface area contributed by atoms with E-state index >= 15 is 0 Å². The molecule has 0 radical (unpaired) electrons. The van der Waals surface area contributed by atoms with Crippen LogP contribution in [-0.2, 0) is 25.4 Å². The molecule has 1 spiro atoms. The Hall–Kier alpha value is -7.08. The van der Waals surface area contributed by atoms with Crippen molar-refractivity contribution in [2.75, 3.05) is 42.5 Å². The fourth-order valence-electron chi connectivity index (χ4n) is 11.8. The van der Waals surface area contributed by atoms with Crippen LogP contribution in [0.2, 0.25) is 0 Å². The minimum absolute atomic E-state index is 0.0155. The lowest BCUT2D eigenvalue weighted by Gasteiger charge is -2.43. The van der Waals surface area contributed by atoms with E-state index in [2.05, 4.69) is 42.6 Å². The van der Waals surface area contributed by atoms with Gasteiger partial charge in [-0.1, -0.05) is 55.1 Å². The molecule has 4 atom stereocenters. The smallest absolute Gasteiger partial charge is 0.391 e. The first-order valence-corrected chi connectivity index (χ1v) is 28.4. The van der Waals surface area contributed by atoms with E-state index in [4.69, 9.17) is 16.7 Å². The predicted molar refractivity (Wildman–Crippen MR) is 296 cm³/mol. The number of aryl methyl sites for hydroxylation is 2. The van der Waals surface area contributed by atoms with Gasteiger partial charge in [0, 0.05) is 55.3 Å². The zero-order chi connectivity index (χ0) is 56.6. The summed E-state index contributed by atoms with van der Waals surface area (Å²) in [5.74, 6) is 5.00. The van der Waals surface area contributed by atoms with Gasteiger partial charge in [-0.3, -0.25) is 29.5 Å². The molecule has 4 saturated heterocycles. The number of nitrogens with zero attached hydrogens (tertiary/aromatic N) is 9. The van der Waals surface area contributed by atoms with E-state index in [1.54, 1.807) is 23.4 Å². The Morgan fingerprint density at radius 3 is 2.29 bits per heavy atom. The number of aliphatic hydroxyl groups excluding tert-OH is 1. The van der Waals surface area contributed by atoms with Crippen LogP contribution in [-0.4, -0.2) is 120 Å². The molecule has 80 heavy (non-hydrogen) atoms. The molecule has 1 saturated carbocycles. The predicted octanol–water partition coefficient (Wildman–Crippen LogP) is 7.97. The van der Waals surface area contributed by atoms with Crippen LogP contribution in [0.15, 0.2) is 76.9 Å². The monoisotopic (exact) mass is 1130 g/mol. The number of likely N-dealkylation sites (tertiary alicyclic amines) is 2. The van der Waals surface area contributed by atoms with Crippen LogP contribution in [0, 0.1) is 48.9 Å². The molecule has 2 aromatic carbocycles. The van der Waals surface area contributed by atoms with Gasteiger partial charge in [0.2, 0.25) is 17.7 Å². The number of hydrazine groups is 1. The summed E-state index contributed by atoms with van der Waals surface area (Å²) in [6, 6.07) is 17.7. The molecule has 0 bridgehead atoms. The maximum atomic E-state index is 14.3. The fraction of sp³-hybridized carbons (Fsp3) is 0.466. The number of thiazole rings is 1. The van der Waals surface area contributed by atoms with Crippen molar-refractivity contribution in [2.24, 2.45) is 11.8 Å². The molecule has 418 valence electrons. The highest BCUT2D eigenvalue weighted by Crippen LogP contribution is 2.48. The minimum Gasteiger partial charge on any atom is -0.391 e. The van der Waals surface area contributed by atoms with E-state index < -0.39 is 58.9 Å². The number of hydrogen-bond acceptors (Lipinski definition) is 14. The summed E-state index contributed by atoms with van der Waals surface area (Å²) in [7, 11) is 0. The number of aromatic nitrogens is 3. The molecule has 17 nitrogen and oxygen atoms in total. The van der Waals surface area contributed by atoms with E-state index in [0.29, 0.717) is 54.7 Å². The summed E-state index contributed by atoms with van der Waals surface area (Å²) in [5.41, 5.74) is 6.35. The molecule has 10 rings (SSSR count). The number of carbonyl (C=O) groups excluding carboxylic acids is 4. The second-order valence-electron chi connectivity index (χ2n) is 21.9. The average molecular weight is 1130 g/mol. The van der Waals surface area contributed by atoms with E-state index in [-0.39, 0.29) is 53.8 Å². The maximum Gasteiger partial charge on any atom is 0.419 e. The number of halogens is 3. The Morgan fingerprint density at radius 2 is 1.69 bits per heavy atom. The van der Waals surface area contributed by atoms with Crippen LogP contribution >= 0.6 is 23.6 Å². The first kappa shape index (κ1) is 56.2. The highest BCUT2D eigenvalue weighted by Gasteiger charge is 2.60. The third-order valence-electron chi connectivity index (χ3n) is 16.3. The summed E-state index contributed by atoms with van der Waals surface area (Å²) >= 11 is 7.31. The minimum atomic E-state index is -4.85. The van der Waals surface area contributed by atoms with Crippen LogP contribution in [0.3, 0.4) is 0 Å². The number of alkyl halides is 3. The number of nitriles is 1. The number of β-amino-alcohol motifs (C(OH)–C–C–N with tert-alkyl or cyclic N) is 1. The molecule has 22 heteroatoms. The lowest BCUT2D eigenvalue weighted by atomic mass is 9.75. The summed E-state index contributed by atoms with van der Waals surface area (Å²) in [6.45, 7) is 10.6. The van der Waals surface area contributed by atoms with Crippen molar-refractivity contribution in [1.82, 2.24) is 40.7 Å². The van der Waals surface area contributed by atoms with Crippen molar-refractivity contribution >= 4 is 63.7 Å². The topological polar surface area (TPSA) is 204 Å². The number of anilines is 2. The van der Waals surface area contributed by atoms with Crippen molar-refractivity contribution in [3.8, 4) is 28.4 Å². The second-order valence-corrected chi connectivity index (χ2v) is 23.1. The zero-order valence-electron chi connectivity index (χ0n) is 44.8. The van der Waals surface area contributed by atoms with Crippen LogP contribution in [0.5, 0.6) is 0 Å². The molecular weight excluding hydrogens is 1070 g/mol. The zero-order valence-corrected chi connectivity index (χ0v) is 46.5. The molecule has 4 amide bonds. The van der Waals surface area contributed by atoms with E-state index in [9.17, 15) is 42.7 Å². The number of benzene rings is 2. The number of thiocarbonyl (C=S) groups is 1. The van der Waals surface area contributed by atoms with Crippen molar-refractivity contribution in [3.63, 3.8) is 0 Å². The number of piperidine rings is 2. The number of nitrogens with one attached hydrogen (secondary N) is 2. The molecule has 5 aliphatic rings. The van der Waals surface area contributed by atoms with Gasteiger partial charge >= 0.3 is 6.18 Å². The standard InChI is InChI=1S/C58H62F3N11O6S2/c1-34(2)51(49-26-35(3)67-78-49)54(76)70-32-44(73)28-48(70)53(75)65-46(39-10-12-40(13-11-39)52-36(4)64-33-80-52)29-50(74)66-69-24-18-41(19-25-69)68-22-16-38(17-23-68)7-6-37-8-14-42(15-9-37)72-56(79)71(55(77)57(72)20-5-21-57)43-27-45(58(59,60)61)47(30-62)63-31-43/h8-15,26-27,31,33-34,38,41,44,46,48,51,73H,5,16-25,28-29,32H2,1-4H3,(H,65,75)(H,66,74)/t44-,46+,48+,51-/m1/s1. The quantitative estimate of drug-likeness (QED) is 0.0756. The summed E-state index contributed by atoms with van der Waals surface area (Å²) in [4.78, 5) is 72.3. The molecule has 5 aromatic rings. The Balaban J connectivity index is 0.730. The number of aliphatic hydroxyl groups is 1. The van der Waals surface area contributed by atoms with Gasteiger partial charge in [0.25, 0.3) is 5.91 Å². The average Bonchev–Trinajstić information content (AvgIpc) is 4.39. The second kappa shape index (κ2) is 23.2. The van der Waals surface area contributed by atoms with Gasteiger partial charge in [-0.2, -0.15) is 18.4 Å². The van der Waals surface area contributed by atoms with Gasteiger partial charge in [0.05, 0.1) is 57.8 Å². The van der Waals surface area contributed by atoms with Gasteiger partial charge in [0.1, 0.15) is 29.3 Å². The molecule has 5 fully saturated rings. The van der Waals surface area contributed by atoms with Crippen molar-refractivity contribution < 1.29 is 42.0 Å². The lowest BCUT2D eigenvalue weighted by Crippen LogP contribution is -2.55. The van der Waals surface area contributed by atoms with Crippen molar-refractivity contribution in [2.45, 2.75) is 127 Å². The summed E-state index contributed by atoms with van der Waals surface area (Å²) < 4.78 is 47.1. The van der Waals surface area contributed by atoms with Crippen LogP contribution < -0.4 is 20.5 Å². The van der Waals surface area contributed by atoms with E-state index in [0.717, 1.165) is 84.1 Å². The third kappa shape index (κ3) is 11.5. The van der Waals surface area contributed by atoms with Crippen molar-refractivity contribution in [3.05, 3.63) is 112 Å². The lowest BCUT2D eigenvalue weighted by molar-refractivity contribution is -0.141. The molecule has 1 aliphatic carbocycles. The summed E-state index contributed by atoms with van der Waals surface area (Å²) in [6.07, 6.45) is 0.509. The van der Waals surface area contributed by atoms with Crippen molar-refractivity contribution in [1.29, 1.82) is 5.26 Å². The maximum absolute atomic E-state index is 14.3. The number of rotatable bonds is 13. The largest absolute Gasteiger partial charge is 0.419 e. The first-order chi connectivity index (χ1) is 38.3. The molecule has 7 heterocycles. The Bertz CT molecular complexity index is 3260. The number of amides is 4. The highest BCUT2D eigenvalue weighted by molar-refractivity contribution is 7.81. The third-order valence-corrected chi connectivity index (χ3v) is 17.6. The van der Waals surface area contributed by atoms with Gasteiger partial charge < -0.3 is 29.6 Å². The van der Waals surface area contributed by atoms with Gasteiger partial charge in [-0.25, -0.2) is 15.0 Å². The molecule has 4 aliphatic heterocycles. The van der Waals surface area contributed by atoms with Gasteiger partial charge in [-0.05, 0) is 131 Å². The molecule has 3 N–H and O–H groups in total. The normalized spacial score (nSPS) is 20.8. The van der Waals surface area contributed by atoms with Crippen LogP contribution in [0.25, 0.3) is 10.4 Å². The number of pyridine rings is 1.